The van der Waals surface area contributed by atoms with Crippen molar-refractivity contribution in [2.45, 2.75) is 96.2 Å². The molecule has 35 heavy (non-hydrogen) atoms. The van der Waals surface area contributed by atoms with Crippen LogP contribution in [-0.4, -0.2) is 23.9 Å². The highest BCUT2D eigenvalue weighted by molar-refractivity contribution is 5.41. The minimum atomic E-state index is -0.664. The molecule has 0 unspecified atom stereocenters. The summed E-state index contributed by atoms with van der Waals surface area (Å²) < 4.78 is 12.2. The summed E-state index contributed by atoms with van der Waals surface area (Å²) in [7, 11) is 0. The average Bonchev–Trinajstić information content (AvgIpc) is 3.15. The number of benzene rings is 2. The maximum absolute atomic E-state index is 11.8. The molecule has 2 fully saturated rings. The first-order valence-electron chi connectivity index (χ1n) is 14.1. The van der Waals surface area contributed by atoms with E-state index in [9.17, 15) is 5.11 Å². The molecule has 2 aromatic carbocycles. The smallest absolute Gasteiger partial charge is 0.120 e. The van der Waals surface area contributed by atoms with E-state index in [0.29, 0.717) is 31.0 Å². The Labute approximate surface area is 212 Å². The fourth-order valence-electron chi connectivity index (χ4n) is 7.61. The van der Waals surface area contributed by atoms with E-state index in [1.54, 1.807) is 0 Å². The number of aliphatic hydroxyl groups is 1. The molecule has 1 N–H and O–H groups in total. The van der Waals surface area contributed by atoms with Crippen molar-refractivity contribution in [3.05, 3.63) is 65.2 Å². The van der Waals surface area contributed by atoms with Gasteiger partial charge in [0.25, 0.3) is 0 Å². The zero-order valence-electron chi connectivity index (χ0n) is 21.8. The summed E-state index contributed by atoms with van der Waals surface area (Å²) in [6.07, 6.45) is 11.5. The summed E-state index contributed by atoms with van der Waals surface area (Å²) in [5, 5.41) is 11.8. The molecule has 3 nitrogen and oxygen atoms in total. The fourth-order valence-corrected chi connectivity index (χ4v) is 7.61. The van der Waals surface area contributed by atoms with Crippen LogP contribution < -0.4 is 4.74 Å². The van der Waals surface area contributed by atoms with E-state index in [1.807, 2.05) is 6.07 Å². The third-order valence-corrected chi connectivity index (χ3v) is 9.75. The molecule has 2 saturated carbocycles. The minimum Gasteiger partial charge on any atom is -0.489 e. The van der Waals surface area contributed by atoms with Crippen LogP contribution in [0.3, 0.4) is 0 Å². The van der Waals surface area contributed by atoms with Gasteiger partial charge < -0.3 is 14.6 Å². The molecule has 2 aromatic rings. The lowest BCUT2D eigenvalue weighted by atomic mass is 9.53. The Kier molecular flexibility index (Phi) is 7.55. The summed E-state index contributed by atoms with van der Waals surface area (Å²) in [4.78, 5) is 0. The number of ether oxygens (including phenoxy) is 2. The van der Waals surface area contributed by atoms with Crippen molar-refractivity contribution in [3.63, 3.8) is 0 Å². The van der Waals surface area contributed by atoms with Crippen LogP contribution in [-0.2, 0) is 17.8 Å². The van der Waals surface area contributed by atoms with Gasteiger partial charge in [0.1, 0.15) is 12.4 Å². The quantitative estimate of drug-likeness (QED) is 0.362. The number of hydrogen-bond donors (Lipinski definition) is 1. The zero-order valence-corrected chi connectivity index (χ0v) is 21.8. The number of unbranched alkanes of at least 4 members (excludes halogenated alkanes) is 3. The Morgan fingerprint density at radius 3 is 2.66 bits per heavy atom. The van der Waals surface area contributed by atoms with Gasteiger partial charge in [0.15, 0.2) is 0 Å². The van der Waals surface area contributed by atoms with Crippen LogP contribution in [0.4, 0.5) is 0 Å². The fraction of sp³-hybridized carbons (Fsp3) is 0.625. The van der Waals surface area contributed by atoms with E-state index in [1.165, 1.54) is 48.8 Å². The average molecular weight is 477 g/mol. The lowest BCUT2D eigenvalue weighted by Gasteiger charge is -2.53. The Morgan fingerprint density at radius 1 is 0.971 bits per heavy atom. The molecular weight excluding hydrogens is 432 g/mol. The van der Waals surface area contributed by atoms with Crippen molar-refractivity contribution in [2.75, 3.05) is 13.2 Å². The van der Waals surface area contributed by atoms with Gasteiger partial charge in [-0.1, -0.05) is 69.5 Å². The van der Waals surface area contributed by atoms with Crippen LogP contribution in [0.5, 0.6) is 5.75 Å². The first-order valence-corrected chi connectivity index (χ1v) is 14.1. The predicted molar refractivity (Wildman–Crippen MR) is 142 cm³/mol. The van der Waals surface area contributed by atoms with Crippen molar-refractivity contribution in [1.29, 1.82) is 0 Å². The van der Waals surface area contributed by atoms with Gasteiger partial charge in [0, 0.05) is 12.0 Å². The molecular formula is C32H44O3. The molecule has 0 saturated heterocycles. The molecule has 5 rings (SSSR count). The highest BCUT2D eigenvalue weighted by Gasteiger charge is 2.61. The highest BCUT2D eigenvalue weighted by atomic mass is 16.5. The summed E-state index contributed by atoms with van der Waals surface area (Å²) in [5.41, 5.74) is 3.54. The maximum Gasteiger partial charge on any atom is 0.120 e. The van der Waals surface area contributed by atoms with Gasteiger partial charge in [-0.15, -0.1) is 0 Å². The van der Waals surface area contributed by atoms with Crippen LogP contribution in [0.25, 0.3) is 0 Å². The Hall–Kier alpha value is -1.84. The number of hydrogen-bond acceptors (Lipinski definition) is 3. The summed E-state index contributed by atoms with van der Waals surface area (Å²) in [6.45, 7) is 6.53. The summed E-state index contributed by atoms with van der Waals surface area (Å²) >= 11 is 0. The Balaban J connectivity index is 1.23. The van der Waals surface area contributed by atoms with Gasteiger partial charge in [-0.25, -0.2) is 0 Å². The number of rotatable bonds is 10. The summed E-state index contributed by atoms with van der Waals surface area (Å²) in [6, 6.07) is 17.2. The maximum atomic E-state index is 11.8. The van der Waals surface area contributed by atoms with Crippen LogP contribution >= 0.6 is 0 Å². The largest absolute Gasteiger partial charge is 0.489 e. The van der Waals surface area contributed by atoms with Gasteiger partial charge in [-0.2, -0.15) is 0 Å². The third-order valence-electron chi connectivity index (χ3n) is 9.75. The molecule has 190 valence electrons. The lowest BCUT2D eigenvalue weighted by Crippen LogP contribution is -2.53. The van der Waals surface area contributed by atoms with Crippen LogP contribution in [0.15, 0.2) is 48.5 Å². The predicted octanol–water partition coefficient (Wildman–Crippen LogP) is 7.45. The van der Waals surface area contributed by atoms with Crippen molar-refractivity contribution >= 4 is 0 Å². The Bertz CT molecular complexity index is 972. The topological polar surface area (TPSA) is 38.7 Å². The van der Waals surface area contributed by atoms with Crippen molar-refractivity contribution in [1.82, 2.24) is 0 Å². The second-order valence-corrected chi connectivity index (χ2v) is 11.7. The number of aryl methyl sites for hydroxylation is 1. The van der Waals surface area contributed by atoms with E-state index < -0.39 is 5.60 Å². The third kappa shape index (κ3) is 4.91. The molecule has 5 atom stereocenters. The van der Waals surface area contributed by atoms with Gasteiger partial charge in [0.05, 0.1) is 12.2 Å². The Morgan fingerprint density at radius 2 is 1.83 bits per heavy atom. The second-order valence-electron chi connectivity index (χ2n) is 11.7. The van der Waals surface area contributed by atoms with Crippen LogP contribution in [0.2, 0.25) is 0 Å². The molecule has 3 heteroatoms. The molecule has 0 radical (unpaired) electrons. The monoisotopic (exact) mass is 476 g/mol. The van der Waals surface area contributed by atoms with E-state index in [-0.39, 0.29) is 5.41 Å². The lowest BCUT2D eigenvalue weighted by molar-refractivity contribution is -0.141. The highest BCUT2D eigenvalue weighted by Crippen LogP contribution is 2.64. The standard InChI is InChI=1S/C32H44O3/c1-3-4-5-9-20-34-23-32(33)19-17-30-29-14-12-25-21-26(35-22-24-10-7-6-8-11-24)13-15-27(25)28(29)16-18-31(30,32)2/h6-8,10-11,13,15,21,28-30,33H,3-5,9,12,14,16-20,22-23H2,1-2H3/t28-,29-,30+,31+,32-/m1/s1. The van der Waals surface area contributed by atoms with Crippen molar-refractivity contribution in [3.8, 4) is 5.75 Å². The first kappa shape index (κ1) is 24.8. The molecule has 0 spiro atoms. The van der Waals surface area contributed by atoms with Gasteiger partial charge in [-0.05, 0) is 91.5 Å². The summed E-state index contributed by atoms with van der Waals surface area (Å²) in [5.74, 6) is 2.88. The molecule has 3 aliphatic carbocycles. The normalized spacial score (nSPS) is 31.5. The second kappa shape index (κ2) is 10.6. The SMILES string of the molecule is CCCCCCOC[C@]1(O)CC[C@H]2[C@@H]3CCc4cc(OCc5ccccc5)ccc4[C@H]3CC[C@@]21C. The molecule has 0 aromatic heterocycles. The van der Waals surface area contributed by atoms with E-state index >= 15 is 0 Å². The molecule has 0 heterocycles. The minimum absolute atomic E-state index is 0.0200. The van der Waals surface area contributed by atoms with Crippen LogP contribution in [0, 0.1) is 17.3 Å². The molecule has 0 amide bonds. The van der Waals surface area contributed by atoms with E-state index in [0.717, 1.165) is 44.5 Å². The van der Waals surface area contributed by atoms with Gasteiger partial charge in [0.2, 0.25) is 0 Å². The van der Waals surface area contributed by atoms with E-state index in [4.69, 9.17) is 9.47 Å². The van der Waals surface area contributed by atoms with Crippen molar-refractivity contribution in [2.24, 2.45) is 17.3 Å². The molecule has 3 aliphatic rings. The molecule has 0 aliphatic heterocycles. The van der Waals surface area contributed by atoms with Gasteiger partial charge >= 0.3 is 0 Å². The van der Waals surface area contributed by atoms with Crippen molar-refractivity contribution < 1.29 is 14.6 Å². The number of fused-ring (bicyclic) bond motifs is 5. The van der Waals surface area contributed by atoms with Gasteiger partial charge in [-0.3, -0.25) is 0 Å². The van der Waals surface area contributed by atoms with E-state index in [2.05, 4.69) is 56.3 Å². The molecule has 0 bridgehead atoms. The zero-order chi connectivity index (χ0) is 24.3. The van der Waals surface area contributed by atoms with Crippen LogP contribution in [0.1, 0.15) is 94.2 Å². The first-order chi connectivity index (χ1) is 17.0.